The maximum atomic E-state index is 11.8. The van der Waals surface area contributed by atoms with E-state index in [0.29, 0.717) is 24.2 Å². The summed E-state index contributed by atoms with van der Waals surface area (Å²) in [5.74, 6) is 0.337. The predicted molar refractivity (Wildman–Crippen MR) is 81.4 cm³/mol. The Labute approximate surface area is 129 Å². The van der Waals surface area contributed by atoms with Gasteiger partial charge in [-0.05, 0) is 39.8 Å². The van der Waals surface area contributed by atoms with Gasteiger partial charge in [-0.1, -0.05) is 11.6 Å². The van der Waals surface area contributed by atoms with Crippen LogP contribution in [0.3, 0.4) is 0 Å². The monoisotopic (exact) mass is 313 g/mol. The van der Waals surface area contributed by atoms with Crippen LogP contribution in [0.15, 0.2) is 12.1 Å². The SMILES string of the molecule is CCOc1cc(C=O)cc(Cl)c1OCC(=O)NC(C)(C)C. The molecule has 0 spiro atoms. The van der Waals surface area contributed by atoms with E-state index in [1.165, 1.54) is 12.1 Å². The van der Waals surface area contributed by atoms with Crippen molar-refractivity contribution in [2.24, 2.45) is 0 Å². The third-order valence-electron chi connectivity index (χ3n) is 2.33. The highest BCUT2D eigenvalue weighted by atomic mass is 35.5. The molecule has 0 unspecified atom stereocenters. The average molecular weight is 314 g/mol. The van der Waals surface area contributed by atoms with E-state index in [0.717, 1.165) is 0 Å². The van der Waals surface area contributed by atoms with Gasteiger partial charge in [0, 0.05) is 11.1 Å². The number of nitrogens with one attached hydrogen (secondary N) is 1. The van der Waals surface area contributed by atoms with Gasteiger partial charge in [0.25, 0.3) is 5.91 Å². The molecule has 6 heteroatoms. The summed E-state index contributed by atoms with van der Waals surface area (Å²) in [6.45, 7) is 7.64. The second-order valence-corrected chi connectivity index (χ2v) is 5.87. The number of amides is 1. The van der Waals surface area contributed by atoms with Crippen molar-refractivity contribution in [2.45, 2.75) is 33.2 Å². The van der Waals surface area contributed by atoms with Crippen LogP contribution in [0.1, 0.15) is 38.1 Å². The lowest BCUT2D eigenvalue weighted by Crippen LogP contribution is -2.43. The summed E-state index contributed by atoms with van der Waals surface area (Å²) in [6, 6.07) is 2.99. The molecule has 0 aliphatic heterocycles. The normalized spacial score (nSPS) is 10.9. The number of hydrogen-bond donors (Lipinski definition) is 1. The molecule has 0 aliphatic carbocycles. The second kappa shape index (κ2) is 7.31. The molecule has 0 aromatic heterocycles. The number of aldehydes is 1. The van der Waals surface area contributed by atoms with Crippen LogP contribution < -0.4 is 14.8 Å². The van der Waals surface area contributed by atoms with E-state index in [4.69, 9.17) is 21.1 Å². The van der Waals surface area contributed by atoms with E-state index in [1.807, 2.05) is 20.8 Å². The zero-order chi connectivity index (χ0) is 16.0. The lowest BCUT2D eigenvalue weighted by Gasteiger charge is -2.21. The van der Waals surface area contributed by atoms with Crippen molar-refractivity contribution >= 4 is 23.8 Å². The number of rotatable bonds is 6. The van der Waals surface area contributed by atoms with Gasteiger partial charge >= 0.3 is 0 Å². The fraction of sp³-hybridized carbons (Fsp3) is 0.467. The van der Waals surface area contributed by atoms with Gasteiger partial charge in [-0.15, -0.1) is 0 Å². The Morgan fingerprint density at radius 1 is 1.33 bits per heavy atom. The molecule has 1 amide bonds. The molecule has 0 aliphatic rings. The van der Waals surface area contributed by atoms with Gasteiger partial charge < -0.3 is 14.8 Å². The van der Waals surface area contributed by atoms with Crippen LogP contribution in [0.5, 0.6) is 11.5 Å². The molecule has 1 N–H and O–H groups in total. The minimum absolute atomic E-state index is 0.183. The van der Waals surface area contributed by atoms with Gasteiger partial charge in [0.05, 0.1) is 11.6 Å². The second-order valence-electron chi connectivity index (χ2n) is 5.47. The quantitative estimate of drug-likeness (QED) is 0.820. The Bertz CT molecular complexity index is 523. The molecule has 5 nitrogen and oxygen atoms in total. The zero-order valence-electron chi connectivity index (χ0n) is 12.7. The van der Waals surface area contributed by atoms with Crippen LogP contribution >= 0.6 is 11.6 Å². The van der Waals surface area contributed by atoms with E-state index >= 15 is 0 Å². The van der Waals surface area contributed by atoms with Crippen LogP contribution in [0.4, 0.5) is 0 Å². The van der Waals surface area contributed by atoms with E-state index in [1.54, 1.807) is 6.92 Å². The number of benzene rings is 1. The van der Waals surface area contributed by atoms with Gasteiger partial charge in [-0.25, -0.2) is 0 Å². The summed E-state index contributed by atoms with van der Waals surface area (Å²) in [5.41, 5.74) is 0.0453. The lowest BCUT2D eigenvalue weighted by molar-refractivity contribution is -0.124. The van der Waals surface area contributed by atoms with Crippen LogP contribution in [-0.2, 0) is 4.79 Å². The molecule has 21 heavy (non-hydrogen) atoms. The minimum atomic E-state index is -0.339. The molecular weight excluding hydrogens is 294 g/mol. The van der Waals surface area contributed by atoms with Crippen molar-refractivity contribution in [2.75, 3.05) is 13.2 Å². The molecule has 0 heterocycles. The maximum Gasteiger partial charge on any atom is 0.258 e. The van der Waals surface area contributed by atoms with E-state index < -0.39 is 0 Å². The van der Waals surface area contributed by atoms with Crippen molar-refractivity contribution < 1.29 is 19.1 Å². The number of hydrogen-bond acceptors (Lipinski definition) is 4. The molecule has 0 saturated heterocycles. The van der Waals surface area contributed by atoms with Crippen LogP contribution in [-0.4, -0.2) is 30.9 Å². The fourth-order valence-electron chi connectivity index (χ4n) is 1.65. The van der Waals surface area contributed by atoms with Gasteiger partial charge in [0.2, 0.25) is 0 Å². The molecule has 0 atom stereocenters. The summed E-state index contributed by atoms with van der Waals surface area (Å²) < 4.78 is 10.8. The summed E-state index contributed by atoms with van der Waals surface area (Å²) >= 11 is 6.07. The molecule has 1 aromatic carbocycles. The summed E-state index contributed by atoms with van der Waals surface area (Å²) in [5, 5.41) is 3.01. The van der Waals surface area contributed by atoms with Crippen molar-refractivity contribution in [1.82, 2.24) is 5.32 Å². The standard InChI is InChI=1S/C15H20ClNO4/c1-5-20-12-7-10(8-18)6-11(16)14(12)21-9-13(19)17-15(2,3)4/h6-8H,5,9H2,1-4H3,(H,17,19). The predicted octanol–water partition coefficient (Wildman–Crippen LogP) is 2.84. The van der Waals surface area contributed by atoms with Crippen molar-refractivity contribution in [1.29, 1.82) is 0 Å². The Hall–Kier alpha value is -1.75. The molecule has 1 rings (SSSR count). The molecular formula is C15H20ClNO4. The van der Waals surface area contributed by atoms with Crippen molar-refractivity contribution in [3.05, 3.63) is 22.7 Å². The number of halogens is 1. The first-order chi connectivity index (χ1) is 9.76. The Balaban J connectivity index is 2.87. The first-order valence-corrected chi connectivity index (χ1v) is 7.00. The topological polar surface area (TPSA) is 64.6 Å². The number of ether oxygens (including phenoxy) is 2. The molecule has 0 saturated carbocycles. The first-order valence-electron chi connectivity index (χ1n) is 6.62. The molecule has 0 radical (unpaired) electrons. The van der Waals surface area contributed by atoms with E-state index in [2.05, 4.69) is 5.32 Å². The van der Waals surface area contributed by atoms with Gasteiger partial charge in [-0.2, -0.15) is 0 Å². The zero-order valence-corrected chi connectivity index (χ0v) is 13.4. The number of carbonyl (C=O) groups is 2. The van der Waals surface area contributed by atoms with Gasteiger partial charge in [-0.3, -0.25) is 9.59 Å². The Kier molecular flexibility index (Phi) is 6.03. The molecule has 1 aromatic rings. The van der Waals surface area contributed by atoms with Crippen molar-refractivity contribution in [3.63, 3.8) is 0 Å². The maximum absolute atomic E-state index is 11.8. The van der Waals surface area contributed by atoms with Crippen LogP contribution in [0.25, 0.3) is 0 Å². The third-order valence-corrected chi connectivity index (χ3v) is 2.61. The molecule has 116 valence electrons. The summed E-state index contributed by atoms with van der Waals surface area (Å²) in [7, 11) is 0. The Morgan fingerprint density at radius 2 is 2.00 bits per heavy atom. The third kappa shape index (κ3) is 5.63. The highest BCUT2D eigenvalue weighted by molar-refractivity contribution is 6.32. The van der Waals surface area contributed by atoms with E-state index in [9.17, 15) is 9.59 Å². The summed E-state index contributed by atoms with van der Waals surface area (Å²) in [6.07, 6.45) is 0.671. The highest BCUT2D eigenvalue weighted by Crippen LogP contribution is 2.36. The molecule has 0 bridgehead atoms. The lowest BCUT2D eigenvalue weighted by atomic mass is 10.1. The van der Waals surface area contributed by atoms with Gasteiger partial charge in [0.1, 0.15) is 6.29 Å². The van der Waals surface area contributed by atoms with Crippen molar-refractivity contribution in [3.8, 4) is 11.5 Å². The largest absolute Gasteiger partial charge is 0.490 e. The van der Waals surface area contributed by atoms with E-state index in [-0.39, 0.29) is 28.8 Å². The van der Waals surface area contributed by atoms with Crippen LogP contribution in [0.2, 0.25) is 5.02 Å². The van der Waals surface area contributed by atoms with Crippen LogP contribution in [0, 0.1) is 0 Å². The first kappa shape index (κ1) is 17.3. The smallest absolute Gasteiger partial charge is 0.258 e. The summed E-state index contributed by atoms with van der Waals surface area (Å²) in [4.78, 5) is 22.6. The minimum Gasteiger partial charge on any atom is -0.490 e. The average Bonchev–Trinajstić information content (AvgIpc) is 2.35. The fourth-order valence-corrected chi connectivity index (χ4v) is 1.92. The molecule has 0 fully saturated rings. The number of carbonyl (C=O) groups excluding carboxylic acids is 2. The van der Waals surface area contributed by atoms with Gasteiger partial charge in [0.15, 0.2) is 18.1 Å². The Morgan fingerprint density at radius 3 is 2.52 bits per heavy atom. The highest BCUT2D eigenvalue weighted by Gasteiger charge is 2.17.